The second-order valence-corrected chi connectivity index (χ2v) is 5.37. The summed E-state index contributed by atoms with van der Waals surface area (Å²) in [7, 11) is 3.41. The van der Waals surface area contributed by atoms with Crippen molar-refractivity contribution in [3.63, 3.8) is 0 Å². The van der Waals surface area contributed by atoms with Gasteiger partial charge >= 0.3 is 0 Å². The topological polar surface area (TPSA) is 54.9 Å². The normalized spacial score (nSPS) is 10.6. The number of halogens is 1. The highest BCUT2D eigenvalue weighted by molar-refractivity contribution is 14.0. The maximum Gasteiger partial charge on any atom is 0.191 e. The molecule has 25 heavy (non-hydrogen) atoms. The van der Waals surface area contributed by atoms with Crippen LogP contribution in [0.2, 0.25) is 0 Å². The molecule has 2 rings (SSSR count). The number of benzene rings is 2. The van der Waals surface area contributed by atoms with Crippen LogP contribution in [-0.4, -0.2) is 33.3 Å². The number of hydrogen-bond acceptors (Lipinski definition) is 3. The second kappa shape index (κ2) is 11.6. The molecule has 0 bridgehead atoms. The summed E-state index contributed by atoms with van der Waals surface area (Å²) in [6.07, 6.45) is 0. The number of guanidine groups is 1. The Hall–Kier alpha value is -1.96. The van der Waals surface area contributed by atoms with Gasteiger partial charge in [0.1, 0.15) is 18.1 Å². The van der Waals surface area contributed by atoms with Gasteiger partial charge in [0.15, 0.2) is 5.96 Å². The van der Waals surface area contributed by atoms with Crippen molar-refractivity contribution in [2.75, 3.05) is 27.3 Å². The van der Waals surface area contributed by atoms with Crippen molar-refractivity contribution in [2.45, 2.75) is 13.5 Å². The van der Waals surface area contributed by atoms with E-state index >= 15 is 0 Å². The molecule has 0 aliphatic carbocycles. The summed E-state index contributed by atoms with van der Waals surface area (Å²) < 4.78 is 10.8. The van der Waals surface area contributed by atoms with E-state index in [0.29, 0.717) is 13.2 Å². The molecule has 2 aromatic carbocycles. The van der Waals surface area contributed by atoms with Crippen LogP contribution < -0.4 is 20.1 Å². The van der Waals surface area contributed by atoms with E-state index in [0.717, 1.165) is 24.0 Å². The number of aliphatic imine (C=N–C) groups is 1. The highest BCUT2D eigenvalue weighted by Crippen LogP contribution is 2.16. The summed E-state index contributed by atoms with van der Waals surface area (Å²) in [4.78, 5) is 4.22. The summed E-state index contributed by atoms with van der Waals surface area (Å²) in [5, 5.41) is 6.53. The number of ether oxygens (including phenoxy) is 2. The highest BCUT2D eigenvalue weighted by atomic mass is 127. The molecule has 6 heteroatoms. The van der Waals surface area contributed by atoms with Crippen molar-refractivity contribution in [1.29, 1.82) is 0 Å². The van der Waals surface area contributed by atoms with Crippen molar-refractivity contribution in [3.8, 4) is 11.5 Å². The minimum atomic E-state index is 0. The fourth-order valence-corrected chi connectivity index (χ4v) is 2.24. The monoisotopic (exact) mass is 455 g/mol. The summed E-state index contributed by atoms with van der Waals surface area (Å²) >= 11 is 0. The summed E-state index contributed by atoms with van der Waals surface area (Å²) in [5.41, 5.74) is 2.48. The van der Waals surface area contributed by atoms with Crippen LogP contribution in [0.15, 0.2) is 53.5 Å². The Morgan fingerprint density at radius 3 is 2.40 bits per heavy atom. The first-order valence-corrected chi connectivity index (χ1v) is 7.98. The van der Waals surface area contributed by atoms with Gasteiger partial charge < -0.3 is 20.1 Å². The molecular weight excluding hydrogens is 429 g/mol. The van der Waals surface area contributed by atoms with E-state index < -0.39 is 0 Å². The fraction of sp³-hybridized carbons (Fsp3) is 0.316. The lowest BCUT2D eigenvalue weighted by molar-refractivity contribution is 0.321. The SMILES string of the molecule is CN=C(NCCOc1ccc(OC)cc1)NCc1cccc(C)c1.I. The Morgan fingerprint density at radius 2 is 1.76 bits per heavy atom. The number of rotatable bonds is 7. The highest BCUT2D eigenvalue weighted by Gasteiger charge is 1.99. The molecule has 0 radical (unpaired) electrons. The van der Waals surface area contributed by atoms with Crippen LogP contribution in [0.1, 0.15) is 11.1 Å². The molecule has 0 spiro atoms. The first kappa shape index (κ1) is 21.1. The molecule has 136 valence electrons. The number of aryl methyl sites for hydroxylation is 1. The van der Waals surface area contributed by atoms with E-state index in [1.165, 1.54) is 11.1 Å². The van der Waals surface area contributed by atoms with Crippen LogP contribution in [-0.2, 0) is 6.54 Å². The molecule has 0 saturated heterocycles. The molecule has 0 saturated carbocycles. The average molecular weight is 455 g/mol. The van der Waals surface area contributed by atoms with Gasteiger partial charge in [-0.25, -0.2) is 0 Å². The van der Waals surface area contributed by atoms with E-state index in [1.54, 1.807) is 14.2 Å². The van der Waals surface area contributed by atoms with Crippen molar-refractivity contribution in [3.05, 3.63) is 59.7 Å². The van der Waals surface area contributed by atoms with E-state index in [2.05, 4.69) is 46.8 Å². The van der Waals surface area contributed by atoms with Gasteiger partial charge in [0, 0.05) is 13.6 Å². The molecular formula is C19H26IN3O2. The van der Waals surface area contributed by atoms with Gasteiger partial charge in [-0.05, 0) is 36.8 Å². The molecule has 2 N–H and O–H groups in total. The Bertz CT molecular complexity index is 660. The number of nitrogens with zero attached hydrogens (tertiary/aromatic N) is 1. The van der Waals surface area contributed by atoms with Gasteiger partial charge in [-0.3, -0.25) is 4.99 Å². The molecule has 0 aliphatic heterocycles. The third kappa shape index (κ3) is 7.64. The van der Waals surface area contributed by atoms with E-state index in [1.807, 2.05) is 24.3 Å². The van der Waals surface area contributed by atoms with Crippen LogP contribution >= 0.6 is 24.0 Å². The zero-order valence-electron chi connectivity index (χ0n) is 14.9. The third-order valence-electron chi connectivity index (χ3n) is 3.49. The molecule has 0 fully saturated rings. The van der Waals surface area contributed by atoms with Gasteiger partial charge in [0.2, 0.25) is 0 Å². The minimum Gasteiger partial charge on any atom is -0.497 e. The van der Waals surface area contributed by atoms with Crippen LogP contribution in [0.4, 0.5) is 0 Å². The number of nitrogens with one attached hydrogen (secondary N) is 2. The Morgan fingerprint density at radius 1 is 1.04 bits per heavy atom. The molecule has 0 atom stereocenters. The quantitative estimate of drug-likeness (QED) is 0.291. The van der Waals surface area contributed by atoms with Gasteiger partial charge in [-0.2, -0.15) is 0 Å². The van der Waals surface area contributed by atoms with E-state index in [9.17, 15) is 0 Å². The molecule has 0 aromatic heterocycles. The first-order chi connectivity index (χ1) is 11.7. The molecule has 2 aromatic rings. The van der Waals surface area contributed by atoms with Crippen molar-refractivity contribution in [2.24, 2.45) is 4.99 Å². The van der Waals surface area contributed by atoms with Crippen LogP contribution in [0.25, 0.3) is 0 Å². The standard InChI is InChI=1S/C19H25N3O2.HI/c1-15-5-4-6-16(13-15)14-22-19(20-2)21-11-12-24-18-9-7-17(23-3)8-10-18;/h4-10,13H,11-12,14H2,1-3H3,(H2,20,21,22);1H. The van der Waals surface area contributed by atoms with Crippen molar-refractivity contribution < 1.29 is 9.47 Å². The van der Waals surface area contributed by atoms with Crippen LogP contribution in [0.3, 0.4) is 0 Å². The number of methoxy groups -OCH3 is 1. The van der Waals surface area contributed by atoms with Crippen LogP contribution in [0, 0.1) is 6.92 Å². The fourth-order valence-electron chi connectivity index (χ4n) is 2.24. The Kier molecular flexibility index (Phi) is 9.76. The van der Waals surface area contributed by atoms with Crippen LogP contribution in [0.5, 0.6) is 11.5 Å². The average Bonchev–Trinajstić information content (AvgIpc) is 2.61. The van der Waals surface area contributed by atoms with E-state index in [-0.39, 0.29) is 24.0 Å². The molecule has 0 aliphatic rings. The Labute approximate surface area is 166 Å². The number of hydrogen-bond donors (Lipinski definition) is 2. The van der Waals surface area contributed by atoms with Gasteiger partial charge in [-0.15, -0.1) is 24.0 Å². The lowest BCUT2D eigenvalue weighted by Gasteiger charge is -2.13. The minimum absolute atomic E-state index is 0. The van der Waals surface area contributed by atoms with E-state index in [4.69, 9.17) is 9.47 Å². The maximum atomic E-state index is 5.68. The third-order valence-corrected chi connectivity index (χ3v) is 3.49. The lowest BCUT2D eigenvalue weighted by atomic mass is 10.1. The second-order valence-electron chi connectivity index (χ2n) is 5.37. The molecule has 5 nitrogen and oxygen atoms in total. The molecule has 0 unspecified atom stereocenters. The van der Waals surface area contributed by atoms with Gasteiger partial charge in [0.25, 0.3) is 0 Å². The zero-order chi connectivity index (χ0) is 17.2. The van der Waals surface area contributed by atoms with Gasteiger partial charge in [0.05, 0.1) is 13.7 Å². The summed E-state index contributed by atoms with van der Waals surface area (Å²) in [6, 6.07) is 16.0. The predicted molar refractivity (Wildman–Crippen MR) is 113 cm³/mol. The largest absolute Gasteiger partial charge is 0.497 e. The molecule has 0 heterocycles. The smallest absolute Gasteiger partial charge is 0.191 e. The summed E-state index contributed by atoms with van der Waals surface area (Å²) in [5.74, 6) is 2.40. The Balaban J connectivity index is 0.00000312. The maximum absolute atomic E-state index is 5.68. The predicted octanol–water partition coefficient (Wildman–Crippen LogP) is 3.37. The first-order valence-electron chi connectivity index (χ1n) is 7.98. The molecule has 0 amide bonds. The van der Waals surface area contributed by atoms with Crippen molar-refractivity contribution in [1.82, 2.24) is 10.6 Å². The zero-order valence-corrected chi connectivity index (χ0v) is 17.2. The van der Waals surface area contributed by atoms with Crippen molar-refractivity contribution >= 4 is 29.9 Å². The van der Waals surface area contributed by atoms with Gasteiger partial charge in [-0.1, -0.05) is 29.8 Å². The lowest BCUT2D eigenvalue weighted by Crippen LogP contribution is -2.38. The summed E-state index contributed by atoms with van der Waals surface area (Å²) in [6.45, 7) is 4.05.